The summed E-state index contributed by atoms with van der Waals surface area (Å²) in [5.74, 6) is 0.381. The number of rotatable bonds is 10. The molecule has 1 heterocycles. The summed E-state index contributed by atoms with van der Waals surface area (Å²) in [6.45, 7) is 8.14. The smallest absolute Gasteiger partial charge is 0.230 e. The number of thioether (sulfide) groups is 1. The number of carbonyl (C=O) groups excluding carboxylic acids is 1. The predicted molar refractivity (Wildman–Crippen MR) is 83.5 cm³/mol. The van der Waals surface area contributed by atoms with Crippen molar-refractivity contribution in [1.82, 2.24) is 15.5 Å². The number of aromatic nitrogens is 2. The van der Waals surface area contributed by atoms with Gasteiger partial charge >= 0.3 is 0 Å². The van der Waals surface area contributed by atoms with E-state index in [1.165, 1.54) is 23.1 Å². The third-order valence-electron chi connectivity index (χ3n) is 2.16. The number of anilines is 1. The number of hydrogen-bond acceptors (Lipinski definition) is 7. The molecule has 114 valence electrons. The first-order valence-corrected chi connectivity index (χ1v) is 8.50. The molecule has 1 rings (SSSR count). The fourth-order valence-corrected chi connectivity index (χ4v) is 2.94. The van der Waals surface area contributed by atoms with E-state index >= 15 is 0 Å². The first-order valence-electron chi connectivity index (χ1n) is 6.70. The molecule has 0 aromatic carbocycles. The van der Waals surface area contributed by atoms with Gasteiger partial charge in [-0.25, -0.2) is 0 Å². The molecule has 8 heteroatoms. The minimum Gasteiger partial charge on any atom is -0.379 e. The van der Waals surface area contributed by atoms with E-state index in [9.17, 15) is 4.79 Å². The van der Waals surface area contributed by atoms with Crippen LogP contribution in [0.1, 0.15) is 27.2 Å². The van der Waals surface area contributed by atoms with Crippen LogP contribution in [-0.2, 0) is 9.53 Å². The zero-order chi connectivity index (χ0) is 14.8. The van der Waals surface area contributed by atoms with Gasteiger partial charge in [0, 0.05) is 19.7 Å². The largest absolute Gasteiger partial charge is 0.379 e. The molecule has 0 bridgehead atoms. The van der Waals surface area contributed by atoms with Crippen LogP contribution in [0.25, 0.3) is 0 Å². The van der Waals surface area contributed by atoms with E-state index in [4.69, 9.17) is 4.74 Å². The Morgan fingerprint density at radius 2 is 2.25 bits per heavy atom. The molecule has 6 nitrogen and oxygen atoms in total. The van der Waals surface area contributed by atoms with Gasteiger partial charge in [0.2, 0.25) is 11.0 Å². The Kier molecular flexibility index (Phi) is 8.56. The molecular weight excluding hydrogens is 296 g/mol. The Bertz CT molecular complexity index is 399. The fourth-order valence-electron chi connectivity index (χ4n) is 1.29. The van der Waals surface area contributed by atoms with E-state index in [1.54, 1.807) is 0 Å². The Morgan fingerprint density at radius 1 is 1.45 bits per heavy atom. The lowest BCUT2D eigenvalue weighted by Gasteiger charge is -2.07. The summed E-state index contributed by atoms with van der Waals surface area (Å²) in [4.78, 5) is 11.6. The van der Waals surface area contributed by atoms with Crippen LogP contribution in [-0.4, -0.2) is 47.7 Å². The number of nitrogens with one attached hydrogen (secondary N) is 2. The molecule has 0 spiro atoms. The molecule has 0 fully saturated rings. The van der Waals surface area contributed by atoms with Crippen LogP contribution in [0.15, 0.2) is 4.34 Å². The van der Waals surface area contributed by atoms with Crippen LogP contribution < -0.4 is 10.6 Å². The van der Waals surface area contributed by atoms with Crippen LogP contribution in [0.4, 0.5) is 5.13 Å². The second kappa shape index (κ2) is 9.95. The van der Waals surface area contributed by atoms with Crippen molar-refractivity contribution >= 4 is 34.1 Å². The highest BCUT2D eigenvalue weighted by molar-refractivity contribution is 8.01. The molecule has 1 aromatic heterocycles. The summed E-state index contributed by atoms with van der Waals surface area (Å²) < 4.78 is 6.20. The van der Waals surface area contributed by atoms with E-state index in [0.717, 1.165) is 22.4 Å². The molecule has 0 saturated carbocycles. The van der Waals surface area contributed by atoms with Gasteiger partial charge in [-0.15, -0.1) is 10.2 Å². The molecule has 0 unspecified atom stereocenters. The summed E-state index contributed by atoms with van der Waals surface area (Å²) in [6, 6.07) is 0. The highest BCUT2D eigenvalue weighted by Crippen LogP contribution is 2.24. The maximum absolute atomic E-state index is 11.6. The Balaban J connectivity index is 2.10. The molecule has 0 aliphatic carbocycles. The van der Waals surface area contributed by atoms with Gasteiger partial charge in [0.15, 0.2) is 4.34 Å². The summed E-state index contributed by atoms with van der Waals surface area (Å²) in [5, 5.41) is 14.7. The molecule has 20 heavy (non-hydrogen) atoms. The van der Waals surface area contributed by atoms with Gasteiger partial charge in [-0.3, -0.25) is 4.79 Å². The standard InChI is InChI=1S/C12H22N4O2S2/c1-4-13-11-15-16-12(20-11)19-8-10(17)14-6-5-7-18-9(2)3/h9H,4-8H2,1-3H3,(H,13,15)(H,14,17). The summed E-state index contributed by atoms with van der Waals surface area (Å²) >= 11 is 2.87. The van der Waals surface area contributed by atoms with Crippen molar-refractivity contribution in [3.63, 3.8) is 0 Å². The first kappa shape index (κ1) is 17.2. The second-order valence-corrected chi connectivity index (χ2v) is 6.52. The van der Waals surface area contributed by atoms with Crippen LogP contribution in [0, 0.1) is 0 Å². The van der Waals surface area contributed by atoms with Crippen molar-refractivity contribution in [2.45, 2.75) is 37.6 Å². The molecule has 0 saturated heterocycles. The maximum Gasteiger partial charge on any atom is 0.230 e. The number of hydrogen-bond donors (Lipinski definition) is 2. The third kappa shape index (κ3) is 7.66. The van der Waals surface area contributed by atoms with Gasteiger partial charge < -0.3 is 15.4 Å². The topological polar surface area (TPSA) is 76.1 Å². The number of nitrogens with zero attached hydrogens (tertiary/aromatic N) is 2. The lowest BCUT2D eigenvalue weighted by Crippen LogP contribution is -2.27. The maximum atomic E-state index is 11.6. The highest BCUT2D eigenvalue weighted by atomic mass is 32.2. The van der Waals surface area contributed by atoms with Gasteiger partial charge in [-0.05, 0) is 27.2 Å². The van der Waals surface area contributed by atoms with Crippen molar-refractivity contribution in [2.75, 3.05) is 30.8 Å². The quantitative estimate of drug-likeness (QED) is 0.507. The van der Waals surface area contributed by atoms with Crippen LogP contribution in [0.3, 0.4) is 0 Å². The summed E-state index contributed by atoms with van der Waals surface area (Å²) in [5.41, 5.74) is 0. The predicted octanol–water partition coefficient (Wildman–Crippen LogP) is 1.99. The minimum absolute atomic E-state index is 0.0137. The van der Waals surface area contributed by atoms with Crippen molar-refractivity contribution in [3.8, 4) is 0 Å². The van der Waals surface area contributed by atoms with Crippen LogP contribution in [0.2, 0.25) is 0 Å². The number of amides is 1. The van der Waals surface area contributed by atoms with E-state index in [2.05, 4.69) is 20.8 Å². The third-order valence-corrected chi connectivity index (χ3v) is 4.17. The lowest BCUT2D eigenvalue weighted by molar-refractivity contribution is -0.118. The van der Waals surface area contributed by atoms with Gasteiger partial charge in [0.25, 0.3) is 0 Å². The van der Waals surface area contributed by atoms with E-state index < -0.39 is 0 Å². The monoisotopic (exact) mass is 318 g/mol. The summed E-state index contributed by atoms with van der Waals surface area (Å²) in [7, 11) is 0. The zero-order valence-electron chi connectivity index (χ0n) is 12.1. The van der Waals surface area contributed by atoms with Crippen molar-refractivity contribution < 1.29 is 9.53 Å². The normalized spacial score (nSPS) is 10.8. The average molecular weight is 318 g/mol. The summed E-state index contributed by atoms with van der Waals surface area (Å²) in [6.07, 6.45) is 1.07. The SMILES string of the molecule is CCNc1nnc(SCC(=O)NCCCOC(C)C)s1. The van der Waals surface area contributed by atoms with Crippen molar-refractivity contribution in [2.24, 2.45) is 0 Å². The average Bonchev–Trinajstić information content (AvgIpc) is 2.84. The highest BCUT2D eigenvalue weighted by Gasteiger charge is 2.07. The van der Waals surface area contributed by atoms with Crippen LogP contribution in [0.5, 0.6) is 0 Å². The molecule has 0 atom stereocenters. The molecule has 0 radical (unpaired) electrons. The first-order chi connectivity index (χ1) is 9.61. The molecule has 0 aliphatic heterocycles. The van der Waals surface area contributed by atoms with Crippen LogP contribution >= 0.6 is 23.1 Å². The molecule has 0 aliphatic rings. The van der Waals surface area contributed by atoms with Crippen molar-refractivity contribution in [1.29, 1.82) is 0 Å². The fraction of sp³-hybridized carbons (Fsp3) is 0.750. The zero-order valence-corrected chi connectivity index (χ0v) is 13.8. The van der Waals surface area contributed by atoms with Crippen molar-refractivity contribution in [3.05, 3.63) is 0 Å². The van der Waals surface area contributed by atoms with Gasteiger partial charge in [-0.1, -0.05) is 23.1 Å². The Labute approximate surface area is 128 Å². The Hall–Kier alpha value is -0.860. The molecule has 1 amide bonds. The van der Waals surface area contributed by atoms with Gasteiger partial charge in [-0.2, -0.15) is 0 Å². The second-order valence-electron chi connectivity index (χ2n) is 4.32. The number of carbonyl (C=O) groups is 1. The minimum atomic E-state index is 0.0137. The number of ether oxygens (including phenoxy) is 1. The molecular formula is C12H22N4O2S2. The van der Waals surface area contributed by atoms with E-state index in [-0.39, 0.29) is 12.0 Å². The van der Waals surface area contributed by atoms with Gasteiger partial charge in [0.1, 0.15) is 0 Å². The van der Waals surface area contributed by atoms with E-state index in [0.29, 0.717) is 18.9 Å². The van der Waals surface area contributed by atoms with E-state index in [1.807, 2.05) is 20.8 Å². The molecule has 2 N–H and O–H groups in total. The van der Waals surface area contributed by atoms with Gasteiger partial charge in [0.05, 0.1) is 11.9 Å². The lowest BCUT2D eigenvalue weighted by atomic mass is 10.4. The molecule has 1 aromatic rings. The Morgan fingerprint density at radius 3 is 2.95 bits per heavy atom.